The standard InChI is InChI=1S/C14H16N2O2/c1-11-3-4-12(10-17)14(7-11)13-8-15-16(9-13)5-6-18-2/h3-4,7-10H,5-6H2,1-2H3. The van der Waals surface area contributed by atoms with Gasteiger partial charge >= 0.3 is 0 Å². The Morgan fingerprint density at radius 2 is 2.28 bits per heavy atom. The van der Waals surface area contributed by atoms with E-state index in [1.807, 2.05) is 36.0 Å². The minimum Gasteiger partial charge on any atom is -0.383 e. The topological polar surface area (TPSA) is 44.1 Å². The number of hydrogen-bond acceptors (Lipinski definition) is 3. The SMILES string of the molecule is COCCn1cc(-c2cc(C)ccc2C=O)cn1. The van der Waals surface area contributed by atoms with Crippen molar-refractivity contribution in [3.05, 3.63) is 41.7 Å². The first-order chi connectivity index (χ1) is 8.74. The van der Waals surface area contributed by atoms with Crippen molar-refractivity contribution >= 4 is 6.29 Å². The number of carbonyl (C=O) groups is 1. The summed E-state index contributed by atoms with van der Waals surface area (Å²) in [5, 5.41) is 4.26. The highest BCUT2D eigenvalue weighted by molar-refractivity contribution is 5.87. The van der Waals surface area contributed by atoms with Crippen LogP contribution in [0.1, 0.15) is 15.9 Å². The van der Waals surface area contributed by atoms with E-state index in [0.717, 1.165) is 23.0 Å². The third-order valence-electron chi connectivity index (χ3n) is 2.80. The fraction of sp³-hybridized carbons (Fsp3) is 0.286. The Labute approximate surface area is 106 Å². The molecule has 0 aliphatic carbocycles. The summed E-state index contributed by atoms with van der Waals surface area (Å²) in [4.78, 5) is 11.0. The highest BCUT2D eigenvalue weighted by Gasteiger charge is 2.07. The fourth-order valence-electron chi connectivity index (χ4n) is 1.83. The van der Waals surface area contributed by atoms with Gasteiger partial charge in [0.1, 0.15) is 0 Å². The molecule has 1 aromatic carbocycles. The highest BCUT2D eigenvalue weighted by atomic mass is 16.5. The molecule has 1 aromatic heterocycles. The molecule has 0 atom stereocenters. The molecule has 4 nitrogen and oxygen atoms in total. The number of aromatic nitrogens is 2. The third kappa shape index (κ3) is 2.65. The summed E-state index contributed by atoms with van der Waals surface area (Å²) in [6.45, 7) is 3.33. The van der Waals surface area contributed by atoms with Crippen LogP contribution in [0.5, 0.6) is 0 Å². The monoisotopic (exact) mass is 244 g/mol. The second kappa shape index (κ2) is 5.60. The van der Waals surface area contributed by atoms with Crippen molar-refractivity contribution in [3.8, 4) is 11.1 Å². The average molecular weight is 244 g/mol. The van der Waals surface area contributed by atoms with Crippen molar-refractivity contribution in [2.45, 2.75) is 13.5 Å². The van der Waals surface area contributed by atoms with E-state index >= 15 is 0 Å². The molecule has 0 radical (unpaired) electrons. The number of nitrogens with zero attached hydrogens (tertiary/aromatic N) is 2. The lowest BCUT2D eigenvalue weighted by molar-refractivity contribution is 0.112. The van der Waals surface area contributed by atoms with Crippen molar-refractivity contribution < 1.29 is 9.53 Å². The molecule has 2 rings (SSSR count). The highest BCUT2D eigenvalue weighted by Crippen LogP contribution is 2.23. The van der Waals surface area contributed by atoms with Crippen LogP contribution in [0.25, 0.3) is 11.1 Å². The van der Waals surface area contributed by atoms with Crippen LogP contribution in [0.2, 0.25) is 0 Å². The summed E-state index contributed by atoms with van der Waals surface area (Å²) in [6, 6.07) is 5.77. The number of benzene rings is 1. The molecule has 0 fully saturated rings. The van der Waals surface area contributed by atoms with Crippen molar-refractivity contribution in [1.29, 1.82) is 0 Å². The minimum absolute atomic E-state index is 0.621. The molecule has 0 amide bonds. The summed E-state index contributed by atoms with van der Waals surface area (Å²) in [5.41, 5.74) is 3.69. The van der Waals surface area contributed by atoms with Crippen LogP contribution in [-0.2, 0) is 11.3 Å². The maximum absolute atomic E-state index is 11.0. The van der Waals surface area contributed by atoms with Crippen LogP contribution in [0.4, 0.5) is 0 Å². The first-order valence-electron chi connectivity index (χ1n) is 5.82. The summed E-state index contributed by atoms with van der Waals surface area (Å²) in [6.07, 6.45) is 4.58. The Hall–Kier alpha value is -1.94. The van der Waals surface area contributed by atoms with Crippen LogP contribution in [-0.4, -0.2) is 29.8 Å². The van der Waals surface area contributed by atoms with Gasteiger partial charge in [0.15, 0.2) is 6.29 Å². The predicted octanol–water partition coefficient (Wildman–Crippen LogP) is 2.32. The summed E-state index contributed by atoms with van der Waals surface area (Å²) in [7, 11) is 1.66. The molecule has 0 spiro atoms. The molecule has 94 valence electrons. The Balaban J connectivity index is 2.33. The Morgan fingerprint density at radius 1 is 1.44 bits per heavy atom. The predicted molar refractivity (Wildman–Crippen MR) is 69.7 cm³/mol. The number of ether oxygens (including phenoxy) is 1. The molecule has 0 aliphatic rings. The van der Waals surface area contributed by atoms with Crippen LogP contribution in [0.15, 0.2) is 30.6 Å². The zero-order valence-electron chi connectivity index (χ0n) is 10.6. The zero-order chi connectivity index (χ0) is 13.0. The Morgan fingerprint density at radius 3 is 3.00 bits per heavy atom. The first-order valence-corrected chi connectivity index (χ1v) is 5.82. The van der Waals surface area contributed by atoms with E-state index in [2.05, 4.69) is 5.10 Å². The number of carbonyl (C=O) groups excluding carboxylic acids is 1. The lowest BCUT2D eigenvalue weighted by atomic mass is 10.0. The number of rotatable bonds is 5. The third-order valence-corrected chi connectivity index (χ3v) is 2.80. The molecular formula is C14H16N2O2. The molecule has 4 heteroatoms. The molecule has 0 bridgehead atoms. The van der Waals surface area contributed by atoms with Gasteiger partial charge < -0.3 is 4.74 Å². The Kier molecular flexibility index (Phi) is 3.89. The van der Waals surface area contributed by atoms with Crippen molar-refractivity contribution in [1.82, 2.24) is 9.78 Å². The van der Waals surface area contributed by atoms with Crippen LogP contribution in [0.3, 0.4) is 0 Å². The van der Waals surface area contributed by atoms with Crippen LogP contribution >= 0.6 is 0 Å². The molecule has 0 unspecified atom stereocenters. The molecule has 2 aromatic rings. The van der Waals surface area contributed by atoms with Gasteiger partial charge in [-0.15, -0.1) is 0 Å². The van der Waals surface area contributed by atoms with Crippen molar-refractivity contribution in [2.75, 3.05) is 13.7 Å². The summed E-state index contributed by atoms with van der Waals surface area (Å²) < 4.78 is 6.82. The lowest BCUT2D eigenvalue weighted by Crippen LogP contribution is -2.03. The average Bonchev–Trinajstić information content (AvgIpc) is 2.85. The van der Waals surface area contributed by atoms with E-state index in [-0.39, 0.29) is 0 Å². The van der Waals surface area contributed by atoms with E-state index in [1.165, 1.54) is 0 Å². The van der Waals surface area contributed by atoms with E-state index in [1.54, 1.807) is 13.3 Å². The molecule has 18 heavy (non-hydrogen) atoms. The number of aryl methyl sites for hydroxylation is 1. The molecule has 0 aliphatic heterocycles. The fourth-order valence-corrected chi connectivity index (χ4v) is 1.83. The number of hydrogen-bond donors (Lipinski definition) is 0. The van der Waals surface area contributed by atoms with Crippen molar-refractivity contribution in [2.24, 2.45) is 0 Å². The summed E-state index contributed by atoms with van der Waals surface area (Å²) >= 11 is 0. The van der Waals surface area contributed by atoms with Crippen molar-refractivity contribution in [3.63, 3.8) is 0 Å². The molecule has 0 saturated carbocycles. The van der Waals surface area contributed by atoms with Gasteiger partial charge in [0.05, 0.1) is 19.3 Å². The first kappa shape index (κ1) is 12.5. The number of aldehydes is 1. The smallest absolute Gasteiger partial charge is 0.150 e. The molecule has 1 heterocycles. The van der Waals surface area contributed by atoms with Gasteiger partial charge in [0.2, 0.25) is 0 Å². The summed E-state index contributed by atoms with van der Waals surface area (Å²) in [5.74, 6) is 0. The largest absolute Gasteiger partial charge is 0.383 e. The minimum atomic E-state index is 0.621. The van der Waals surface area contributed by atoms with Gasteiger partial charge in [0, 0.05) is 24.4 Å². The zero-order valence-corrected chi connectivity index (χ0v) is 10.6. The van der Waals surface area contributed by atoms with Crippen LogP contribution < -0.4 is 0 Å². The Bertz CT molecular complexity index is 546. The van der Waals surface area contributed by atoms with Gasteiger partial charge in [-0.25, -0.2) is 0 Å². The normalized spacial score (nSPS) is 10.6. The number of methoxy groups -OCH3 is 1. The van der Waals surface area contributed by atoms with E-state index in [0.29, 0.717) is 18.7 Å². The van der Waals surface area contributed by atoms with Gasteiger partial charge in [0.25, 0.3) is 0 Å². The lowest BCUT2D eigenvalue weighted by Gasteiger charge is -2.03. The van der Waals surface area contributed by atoms with Crippen LogP contribution in [0, 0.1) is 6.92 Å². The van der Waals surface area contributed by atoms with Gasteiger partial charge in [-0.1, -0.05) is 23.8 Å². The quantitative estimate of drug-likeness (QED) is 0.758. The van der Waals surface area contributed by atoms with Gasteiger partial charge in [-0.2, -0.15) is 5.10 Å². The molecule has 0 N–H and O–H groups in total. The van der Waals surface area contributed by atoms with E-state index in [4.69, 9.17) is 4.74 Å². The second-order valence-corrected chi connectivity index (χ2v) is 4.19. The molecular weight excluding hydrogens is 228 g/mol. The maximum atomic E-state index is 11.0. The van der Waals surface area contributed by atoms with E-state index < -0.39 is 0 Å². The van der Waals surface area contributed by atoms with Gasteiger partial charge in [-0.3, -0.25) is 9.48 Å². The van der Waals surface area contributed by atoms with Gasteiger partial charge in [-0.05, 0) is 12.5 Å². The maximum Gasteiger partial charge on any atom is 0.150 e. The van der Waals surface area contributed by atoms with E-state index in [9.17, 15) is 4.79 Å². The second-order valence-electron chi connectivity index (χ2n) is 4.19. The molecule has 0 saturated heterocycles.